The summed E-state index contributed by atoms with van der Waals surface area (Å²) in [6, 6.07) is 11.0. The number of thiazole rings is 1. The maximum absolute atomic E-state index is 13.3. The Bertz CT molecular complexity index is 1440. The van der Waals surface area contributed by atoms with Crippen molar-refractivity contribution in [1.29, 1.82) is 0 Å². The molecule has 35 heavy (non-hydrogen) atoms. The number of carbonyl (C=O) groups excluding carboxylic acids is 3. The van der Waals surface area contributed by atoms with Crippen LogP contribution in [0.5, 0.6) is 5.75 Å². The van der Waals surface area contributed by atoms with Gasteiger partial charge in [0.2, 0.25) is 0 Å². The number of benzene rings is 2. The molecular weight excluding hydrogens is 488 g/mol. The number of carbonyl (C=O) groups is 3. The lowest BCUT2D eigenvalue weighted by Gasteiger charge is -2.23. The van der Waals surface area contributed by atoms with Gasteiger partial charge in [0.1, 0.15) is 17.6 Å². The number of hydrogen-bond acceptors (Lipinski definition) is 7. The summed E-state index contributed by atoms with van der Waals surface area (Å²) < 4.78 is 5.74. The lowest BCUT2D eigenvalue weighted by atomic mass is 9.94. The third kappa shape index (κ3) is 3.92. The Labute approximate surface area is 210 Å². The molecule has 7 nitrogen and oxygen atoms in total. The van der Waals surface area contributed by atoms with Gasteiger partial charge in [-0.05, 0) is 55.3 Å². The Hall–Kier alpha value is -3.49. The maximum atomic E-state index is 13.3. The summed E-state index contributed by atoms with van der Waals surface area (Å²) in [6.07, 6.45) is 0.692. The predicted octanol–water partition coefficient (Wildman–Crippen LogP) is 5.26. The van der Waals surface area contributed by atoms with Gasteiger partial charge < -0.3 is 9.84 Å². The summed E-state index contributed by atoms with van der Waals surface area (Å²) in [6.45, 7) is 5.05. The molecule has 9 heteroatoms. The molecule has 1 N–H and O–H groups in total. The number of ether oxygens (including phenoxy) is 1. The number of hydrogen-bond donors (Lipinski definition) is 1. The second-order valence-corrected chi connectivity index (χ2v) is 10.1. The van der Waals surface area contributed by atoms with E-state index in [1.807, 2.05) is 6.92 Å². The average molecular weight is 509 g/mol. The second kappa shape index (κ2) is 8.62. The Balaban J connectivity index is 1.70. The Kier molecular flexibility index (Phi) is 5.73. The molecule has 1 aromatic heterocycles. The third-order valence-corrected chi connectivity index (χ3v) is 7.58. The number of rotatable bonds is 4. The summed E-state index contributed by atoms with van der Waals surface area (Å²) in [5, 5.41) is 12.0. The molecular formula is C26H21ClN2O5S. The molecule has 0 unspecified atom stereocenters. The largest absolute Gasteiger partial charge is 0.507 e. The van der Waals surface area contributed by atoms with Crippen molar-refractivity contribution in [3.05, 3.63) is 80.3 Å². The molecule has 2 aliphatic heterocycles. The first-order valence-corrected chi connectivity index (χ1v) is 12.2. The van der Waals surface area contributed by atoms with Crippen molar-refractivity contribution in [3.8, 4) is 5.75 Å². The van der Waals surface area contributed by atoms with Crippen LogP contribution in [0.1, 0.15) is 51.9 Å². The van der Waals surface area contributed by atoms with Gasteiger partial charge in [-0.3, -0.25) is 19.3 Å². The van der Waals surface area contributed by atoms with E-state index in [1.165, 1.54) is 11.8 Å². The van der Waals surface area contributed by atoms with E-state index in [1.54, 1.807) is 49.4 Å². The summed E-state index contributed by atoms with van der Waals surface area (Å²) >= 11 is 7.28. The molecule has 1 saturated heterocycles. The summed E-state index contributed by atoms with van der Waals surface area (Å²) in [5.74, 6) is -1.42. The molecule has 1 amide bonds. The number of halogens is 1. The van der Waals surface area contributed by atoms with Crippen molar-refractivity contribution in [3.63, 3.8) is 0 Å². The van der Waals surface area contributed by atoms with Crippen molar-refractivity contribution in [2.75, 3.05) is 4.90 Å². The monoisotopic (exact) mass is 508 g/mol. The van der Waals surface area contributed by atoms with Crippen LogP contribution in [0.3, 0.4) is 0 Å². The molecule has 0 aliphatic carbocycles. The number of Topliss-reactive ketones (excluding diaryl/α,β-unsaturated/α-hetero) is 2. The lowest BCUT2D eigenvalue weighted by molar-refractivity contribution is -0.132. The van der Waals surface area contributed by atoms with E-state index in [2.05, 4.69) is 4.98 Å². The zero-order valence-electron chi connectivity index (χ0n) is 19.2. The number of ketones is 2. The Morgan fingerprint density at radius 2 is 2.00 bits per heavy atom. The van der Waals surface area contributed by atoms with Gasteiger partial charge in [0, 0.05) is 23.9 Å². The van der Waals surface area contributed by atoms with E-state index in [9.17, 15) is 19.5 Å². The van der Waals surface area contributed by atoms with Crippen molar-refractivity contribution in [2.45, 2.75) is 39.3 Å². The zero-order chi connectivity index (χ0) is 25.0. The number of fused-ring (bicyclic) bond motifs is 1. The van der Waals surface area contributed by atoms with Crippen LogP contribution in [-0.2, 0) is 16.0 Å². The molecule has 0 radical (unpaired) electrons. The minimum atomic E-state index is -0.970. The molecule has 3 heterocycles. The summed E-state index contributed by atoms with van der Waals surface area (Å²) in [4.78, 5) is 44.7. The quantitative estimate of drug-likeness (QED) is 0.223. The Morgan fingerprint density at radius 3 is 2.69 bits per heavy atom. The number of aliphatic hydroxyl groups is 1. The highest BCUT2D eigenvalue weighted by Crippen LogP contribution is 2.44. The van der Waals surface area contributed by atoms with Crippen LogP contribution in [0.25, 0.3) is 5.76 Å². The first kappa shape index (κ1) is 23.3. The van der Waals surface area contributed by atoms with E-state index in [-0.39, 0.29) is 28.4 Å². The fraction of sp³-hybridized carbons (Fsp3) is 0.231. The molecule has 3 aromatic rings. The van der Waals surface area contributed by atoms with Crippen LogP contribution in [0.15, 0.2) is 48.0 Å². The zero-order valence-corrected chi connectivity index (χ0v) is 20.7. The number of nitrogens with zero attached hydrogens (tertiary/aromatic N) is 2. The van der Waals surface area contributed by atoms with Crippen LogP contribution in [-0.4, -0.2) is 33.7 Å². The minimum absolute atomic E-state index is 0.0167. The average Bonchev–Trinajstić information content (AvgIpc) is 3.45. The molecule has 2 aromatic carbocycles. The van der Waals surface area contributed by atoms with Crippen LogP contribution < -0.4 is 9.64 Å². The molecule has 0 bridgehead atoms. The van der Waals surface area contributed by atoms with Gasteiger partial charge in [-0.15, -0.1) is 0 Å². The van der Waals surface area contributed by atoms with Crippen LogP contribution in [0, 0.1) is 6.92 Å². The van der Waals surface area contributed by atoms with Crippen molar-refractivity contribution < 1.29 is 24.2 Å². The van der Waals surface area contributed by atoms with Crippen LogP contribution in [0.2, 0.25) is 5.02 Å². The topological polar surface area (TPSA) is 96.8 Å². The molecule has 0 spiro atoms. The van der Waals surface area contributed by atoms with Crippen molar-refractivity contribution >= 4 is 51.3 Å². The van der Waals surface area contributed by atoms with E-state index < -0.39 is 17.7 Å². The minimum Gasteiger partial charge on any atom is -0.507 e. The van der Waals surface area contributed by atoms with Gasteiger partial charge in [-0.1, -0.05) is 35.1 Å². The number of anilines is 1. The first-order valence-electron chi connectivity index (χ1n) is 11.0. The van der Waals surface area contributed by atoms with Gasteiger partial charge in [0.05, 0.1) is 22.2 Å². The normalized spacial score (nSPS) is 20.7. The fourth-order valence-corrected chi connectivity index (χ4v) is 5.75. The molecule has 5 rings (SSSR count). The number of amides is 1. The lowest BCUT2D eigenvalue weighted by Crippen LogP contribution is -2.29. The van der Waals surface area contributed by atoms with Crippen LogP contribution in [0.4, 0.5) is 5.13 Å². The van der Waals surface area contributed by atoms with Gasteiger partial charge in [0.25, 0.3) is 5.78 Å². The van der Waals surface area contributed by atoms with Gasteiger partial charge in [-0.25, -0.2) is 4.98 Å². The van der Waals surface area contributed by atoms with E-state index in [0.29, 0.717) is 33.1 Å². The van der Waals surface area contributed by atoms with E-state index in [0.717, 1.165) is 22.6 Å². The Morgan fingerprint density at radius 1 is 1.23 bits per heavy atom. The van der Waals surface area contributed by atoms with Crippen molar-refractivity contribution in [2.24, 2.45) is 0 Å². The highest BCUT2D eigenvalue weighted by Gasteiger charge is 2.48. The van der Waals surface area contributed by atoms with Gasteiger partial charge in [0.15, 0.2) is 10.9 Å². The predicted molar refractivity (Wildman–Crippen MR) is 133 cm³/mol. The summed E-state index contributed by atoms with van der Waals surface area (Å²) in [7, 11) is 0. The van der Waals surface area contributed by atoms with Gasteiger partial charge in [-0.2, -0.15) is 0 Å². The highest BCUT2D eigenvalue weighted by atomic mass is 35.5. The molecule has 2 atom stereocenters. The first-order chi connectivity index (χ1) is 16.7. The molecule has 0 saturated carbocycles. The van der Waals surface area contributed by atoms with E-state index >= 15 is 0 Å². The SMILES string of the molecule is CC(=O)c1sc(N2C(=O)C(=O)C(=C(O)c3ccc4c(c3)C[C@@H](C)O4)[C@@H]2c2cccc(Cl)c2)nc1C. The van der Waals surface area contributed by atoms with Crippen LogP contribution >= 0.6 is 22.9 Å². The standard InChI is InChI=1S/C26H21ClN2O5S/c1-12-9-17-10-16(7-8-19(17)34-12)22(31)20-21(15-5-4-6-18(27)11-15)29(25(33)23(20)32)26-28-13(2)24(35-26)14(3)30/h4-8,10-12,21,31H,9H2,1-3H3/t12-,21+/m1/s1. The van der Waals surface area contributed by atoms with Gasteiger partial charge >= 0.3 is 5.91 Å². The third-order valence-electron chi connectivity index (χ3n) is 6.09. The number of aryl methyl sites for hydroxylation is 1. The molecule has 2 aliphatic rings. The van der Waals surface area contributed by atoms with E-state index in [4.69, 9.17) is 16.3 Å². The van der Waals surface area contributed by atoms with Crippen molar-refractivity contribution in [1.82, 2.24) is 4.98 Å². The fourth-order valence-electron chi connectivity index (χ4n) is 4.56. The summed E-state index contributed by atoms with van der Waals surface area (Å²) in [5.41, 5.74) is 2.26. The number of aromatic nitrogens is 1. The smallest absolute Gasteiger partial charge is 0.301 e. The second-order valence-electron chi connectivity index (χ2n) is 8.65. The molecule has 1 fully saturated rings. The maximum Gasteiger partial charge on any atom is 0.301 e. The number of aliphatic hydroxyl groups excluding tert-OH is 1. The highest BCUT2D eigenvalue weighted by molar-refractivity contribution is 7.18. The molecule has 178 valence electrons.